The van der Waals surface area contributed by atoms with E-state index in [9.17, 15) is 0 Å². The van der Waals surface area contributed by atoms with Crippen LogP contribution in [0, 0.1) is 11.8 Å². The zero-order valence-electron chi connectivity index (χ0n) is 6.33. The summed E-state index contributed by atoms with van der Waals surface area (Å²) >= 11 is 0. The van der Waals surface area contributed by atoms with Crippen molar-refractivity contribution in [3.8, 4) is 0 Å². The summed E-state index contributed by atoms with van der Waals surface area (Å²) in [7, 11) is 0. The lowest BCUT2D eigenvalue weighted by Gasteiger charge is -2.06. The highest BCUT2D eigenvalue weighted by atomic mass is 14.1. The maximum Gasteiger partial charge on any atom is 0.0205 e. The first-order chi connectivity index (χ1) is 5.45. The molecule has 0 heteroatoms. The Bertz CT molecular complexity index is 191. The van der Waals surface area contributed by atoms with Gasteiger partial charge in [-0.3, -0.25) is 0 Å². The van der Waals surface area contributed by atoms with Gasteiger partial charge in [0.15, 0.2) is 0 Å². The predicted octanol–water partition coefficient (Wildman–Crippen LogP) is 2.78. The van der Waals surface area contributed by atoms with Gasteiger partial charge in [0.05, 0.1) is 0 Å². The van der Waals surface area contributed by atoms with Crippen LogP contribution in [-0.4, -0.2) is 0 Å². The minimum atomic E-state index is 1.07. The van der Waals surface area contributed by atoms with Crippen molar-refractivity contribution >= 4 is 0 Å². The Kier molecular flexibility index (Phi) is 1.76. The fourth-order valence-electron chi connectivity index (χ4n) is 1.30. The van der Waals surface area contributed by atoms with Gasteiger partial charge in [-0.25, -0.2) is 0 Å². The van der Waals surface area contributed by atoms with Crippen molar-refractivity contribution in [2.75, 3.05) is 0 Å². The van der Waals surface area contributed by atoms with Crippen molar-refractivity contribution in [1.29, 1.82) is 0 Å². The van der Waals surface area contributed by atoms with Crippen LogP contribution in [0.4, 0.5) is 0 Å². The predicted molar refractivity (Wildman–Crippen MR) is 47.7 cm³/mol. The van der Waals surface area contributed by atoms with Crippen molar-refractivity contribution < 1.29 is 0 Å². The molecule has 0 atom stereocenters. The second kappa shape index (κ2) is 2.91. The monoisotopic (exact) mass is 142 g/mol. The molecule has 2 aliphatic carbocycles. The summed E-state index contributed by atoms with van der Waals surface area (Å²) < 4.78 is 0. The van der Waals surface area contributed by atoms with E-state index in [0.717, 1.165) is 6.42 Å². The first kappa shape index (κ1) is 6.66. The molecule has 0 aromatic rings. The summed E-state index contributed by atoms with van der Waals surface area (Å²) in [6.45, 7) is 0. The molecule has 0 amide bonds. The maximum absolute atomic E-state index is 2.16. The summed E-state index contributed by atoms with van der Waals surface area (Å²) in [5.41, 5.74) is 0. The molecule has 0 aromatic carbocycles. The van der Waals surface area contributed by atoms with Crippen LogP contribution in [0.15, 0.2) is 48.6 Å². The van der Waals surface area contributed by atoms with E-state index in [1.54, 1.807) is 0 Å². The van der Waals surface area contributed by atoms with E-state index in [-0.39, 0.29) is 0 Å². The van der Waals surface area contributed by atoms with Gasteiger partial charge in [0.1, 0.15) is 0 Å². The van der Waals surface area contributed by atoms with Crippen LogP contribution < -0.4 is 0 Å². The molecule has 0 fully saturated rings. The standard InChI is InChI=1S/C11H10/c1-2-6-10(5-1)9-11-7-3-4-8-11/h1-8H,9H2. The zero-order valence-corrected chi connectivity index (χ0v) is 6.33. The van der Waals surface area contributed by atoms with Crippen LogP contribution in [0.2, 0.25) is 0 Å². The molecule has 11 heavy (non-hydrogen) atoms. The minimum Gasteiger partial charge on any atom is -0.0733 e. The first-order valence-corrected chi connectivity index (χ1v) is 3.86. The highest BCUT2D eigenvalue weighted by molar-refractivity contribution is 5.42. The highest BCUT2D eigenvalue weighted by Gasteiger charge is 2.11. The molecular formula is C11H10. The lowest BCUT2D eigenvalue weighted by molar-refractivity contribution is 1.03. The van der Waals surface area contributed by atoms with Crippen LogP contribution in [0.5, 0.6) is 0 Å². The number of allylic oxidation sites excluding steroid dienone is 8. The van der Waals surface area contributed by atoms with Gasteiger partial charge in [0, 0.05) is 11.8 Å². The fraction of sp³-hybridized carbons (Fsp3) is 0.0909. The second-order valence-electron chi connectivity index (χ2n) is 2.76. The van der Waals surface area contributed by atoms with E-state index in [4.69, 9.17) is 0 Å². The smallest absolute Gasteiger partial charge is 0.0205 e. The van der Waals surface area contributed by atoms with Gasteiger partial charge in [0.2, 0.25) is 0 Å². The van der Waals surface area contributed by atoms with Crippen molar-refractivity contribution in [2.24, 2.45) is 0 Å². The van der Waals surface area contributed by atoms with Gasteiger partial charge in [0.25, 0.3) is 0 Å². The van der Waals surface area contributed by atoms with E-state index in [1.807, 2.05) is 0 Å². The molecule has 0 aliphatic heterocycles. The molecule has 0 bridgehead atoms. The molecule has 2 radical (unpaired) electrons. The summed E-state index contributed by atoms with van der Waals surface area (Å²) in [6, 6.07) is 0. The van der Waals surface area contributed by atoms with E-state index >= 15 is 0 Å². The van der Waals surface area contributed by atoms with Crippen molar-refractivity contribution in [2.45, 2.75) is 6.42 Å². The van der Waals surface area contributed by atoms with E-state index in [1.165, 1.54) is 11.8 Å². The van der Waals surface area contributed by atoms with Crippen LogP contribution >= 0.6 is 0 Å². The Balaban J connectivity index is 1.90. The molecule has 2 aliphatic rings. The first-order valence-electron chi connectivity index (χ1n) is 3.86. The van der Waals surface area contributed by atoms with Gasteiger partial charge in [-0.1, -0.05) is 48.6 Å². The molecule has 54 valence electrons. The van der Waals surface area contributed by atoms with Crippen molar-refractivity contribution in [3.05, 3.63) is 60.4 Å². The Hall–Kier alpha value is -1.04. The summed E-state index contributed by atoms with van der Waals surface area (Å²) in [5, 5.41) is 0. The topological polar surface area (TPSA) is 0 Å². The van der Waals surface area contributed by atoms with Gasteiger partial charge in [-0.05, 0) is 6.42 Å². The molecule has 0 unspecified atom stereocenters. The third-order valence-corrected chi connectivity index (χ3v) is 1.87. The average Bonchev–Trinajstić information content (AvgIpc) is 2.60. The zero-order chi connectivity index (χ0) is 7.52. The summed E-state index contributed by atoms with van der Waals surface area (Å²) in [4.78, 5) is 0. The quantitative estimate of drug-likeness (QED) is 0.556. The van der Waals surface area contributed by atoms with Crippen LogP contribution in [0.1, 0.15) is 6.42 Å². The lowest BCUT2D eigenvalue weighted by Crippen LogP contribution is -1.93. The summed E-state index contributed by atoms with van der Waals surface area (Å²) in [5.74, 6) is 2.80. The second-order valence-corrected chi connectivity index (χ2v) is 2.76. The van der Waals surface area contributed by atoms with Gasteiger partial charge in [-0.15, -0.1) is 0 Å². The molecule has 0 saturated heterocycles. The SMILES string of the molecule is C1=C[C](C[C]2C=CC=C2)C=C1. The molecule has 0 aromatic heterocycles. The molecule has 0 spiro atoms. The molecule has 2 rings (SSSR count). The summed E-state index contributed by atoms with van der Waals surface area (Å²) in [6.07, 6.45) is 18.0. The maximum atomic E-state index is 2.16. The largest absolute Gasteiger partial charge is 0.0733 e. The number of hydrogen-bond donors (Lipinski definition) is 0. The Morgan fingerprint density at radius 1 is 0.636 bits per heavy atom. The van der Waals surface area contributed by atoms with Gasteiger partial charge < -0.3 is 0 Å². The fourth-order valence-corrected chi connectivity index (χ4v) is 1.30. The van der Waals surface area contributed by atoms with Crippen molar-refractivity contribution in [3.63, 3.8) is 0 Å². The number of rotatable bonds is 2. The minimum absolute atomic E-state index is 1.07. The van der Waals surface area contributed by atoms with E-state index in [2.05, 4.69) is 48.6 Å². The third kappa shape index (κ3) is 1.51. The number of hydrogen-bond acceptors (Lipinski definition) is 0. The normalized spacial score (nSPS) is 22.5. The van der Waals surface area contributed by atoms with Gasteiger partial charge >= 0.3 is 0 Å². The molecular weight excluding hydrogens is 132 g/mol. The van der Waals surface area contributed by atoms with Crippen molar-refractivity contribution in [1.82, 2.24) is 0 Å². The third-order valence-electron chi connectivity index (χ3n) is 1.87. The van der Waals surface area contributed by atoms with Gasteiger partial charge in [-0.2, -0.15) is 0 Å². The van der Waals surface area contributed by atoms with Crippen LogP contribution in [0.25, 0.3) is 0 Å². The lowest BCUT2D eigenvalue weighted by atomic mass is 9.97. The molecule has 0 nitrogen and oxygen atoms in total. The molecule has 0 saturated carbocycles. The average molecular weight is 142 g/mol. The van der Waals surface area contributed by atoms with Crippen LogP contribution in [-0.2, 0) is 0 Å². The Morgan fingerprint density at radius 2 is 1.00 bits per heavy atom. The molecule has 0 N–H and O–H groups in total. The van der Waals surface area contributed by atoms with E-state index < -0.39 is 0 Å². The van der Waals surface area contributed by atoms with Crippen LogP contribution in [0.3, 0.4) is 0 Å². The Labute approximate surface area is 67.6 Å². The Morgan fingerprint density at radius 3 is 1.36 bits per heavy atom. The highest BCUT2D eigenvalue weighted by Crippen LogP contribution is 2.26. The van der Waals surface area contributed by atoms with E-state index in [0.29, 0.717) is 0 Å². The molecule has 0 heterocycles.